The van der Waals surface area contributed by atoms with Crippen LogP contribution >= 0.6 is 21.6 Å². The number of hydrogen-bond acceptors (Lipinski definition) is 17. The minimum Gasteiger partial charge on any atom is -0.508 e. The molecule has 5 rings (SSSR count). The molecule has 10 amide bonds. The van der Waals surface area contributed by atoms with Crippen LogP contribution in [-0.4, -0.2) is 177 Å². The summed E-state index contributed by atoms with van der Waals surface area (Å²) in [4.78, 5) is 158. The van der Waals surface area contributed by atoms with Crippen molar-refractivity contribution in [1.82, 2.24) is 57.7 Å². The van der Waals surface area contributed by atoms with Gasteiger partial charge in [-0.25, -0.2) is 0 Å². The predicted molar refractivity (Wildman–Crippen MR) is 309 cm³/mol. The van der Waals surface area contributed by atoms with Gasteiger partial charge in [0.05, 0.1) is 19.0 Å². The average molecular weight is 1200 g/mol. The fraction of sp³-hybridized carbons (Fsp3) is 0.463. The van der Waals surface area contributed by atoms with Crippen molar-refractivity contribution in [2.45, 2.75) is 120 Å². The zero-order valence-electron chi connectivity index (χ0n) is 46.3. The van der Waals surface area contributed by atoms with E-state index in [4.69, 9.17) is 22.6 Å². The molecule has 2 aliphatic heterocycles. The van der Waals surface area contributed by atoms with Gasteiger partial charge in [-0.3, -0.25) is 63.1 Å². The number of rotatable bonds is 18. The van der Waals surface area contributed by atoms with Crippen LogP contribution < -0.4 is 65.1 Å². The number of nitrogens with zero attached hydrogens (tertiary/aromatic N) is 2. The first kappa shape index (κ1) is 66.3. The number of carbonyl (C=O) groups excluding carboxylic acids is 10. The number of aliphatic carboxylic acids is 1. The van der Waals surface area contributed by atoms with E-state index < -0.39 is 144 Å². The van der Waals surface area contributed by atoms with Crippen molar-refractivity contribution in [3.05, 3.63) is 95.8 Å². The molecule has 30 heteroatoms. The van der Waals surface area contributed by atoms with Gasteiger partial charge in [0, 0.05) is 49.8 Å². The molecule has 2 aliphatic rings. The Morgan fingerprint density at radius 3 is 2.08 bits per heavy atom. The molecule has 0 bridgehead atoms. The van der Waals surface area contributed by atoms with E-state index >= 15 is 0 Å². The van der Waals surface area contributed by atoms with Crippen LogP contribution in [-0.2, 0) is 72.0 Å². The lowest BCUT2D eigenvalue weighted by Crippen LogP contribution is -2.60. The van der Waals surface area contributed by atoms with Crippen molar-refractivity contribution >= 4 is 92.6 Å². The molecule has 28 nitrogen and oxygen atoms in total. The fourth-order valence-electron chi connectivity index (χ4n) is 8.93. The van der Waals surface area contributed by atoms with Crippen LogP contribution in [0.4, 0.5) is 0 Å². The summed E-state index contributed by atoms with van der Waals surface area (Å²) >= 11 is 0. The van der Waals surface area contributed by atoms with Crippen LogP contribution in [0.25, 0.3) is 0 Å². The van der Waals surface area contributed by atoms with Gasteiger partial charge in [0.1, 0.15) is 54.1 Å². The van der Waals surface area contributed by atoms with Crippen LogP contribution in [0, 0.1) is 11.3 Å². The van der Waals surface area contributed by atoms with Gasteiger partial charge in [-0.1, -0.05) is 84.0 Å². The third-order valence-corrected chi connectivity index (χ3v) is 15.9. The fourth-order valence-corrected chi connectivity index (χ4v) is 11.3. The molecule has 2 fully saturated rings. The molecule has 3 aromatic rings. The maximum atomic E-state index is 14.7. The minimum atomic E-state index is -1.85. The van der Waals surface area contributed by atoms with Crippen molar-refractivity contribution in [1.29, 1.82) is 5.41 Å². The lowest BCUT2D eigenvalue weighted by Gasteiger charge is -2.29. The molecule has 2 saturated heterocycles. The van der Waals surface area contributed by atoms with Crippen LogP contribution in [0.2, 0.25) is 0 Å². The minimum absolute atomic E-state index is 0.00714. The first-order valence-electron chi connectivity index (χ1n) is 27.0. The molecule has 84 heavy (non-hydrogen) atoms. The van der Waals surface area contributed by atoms with E-state index in [0.29, 0.717) is 23.1 Å². The van der Waals surface area contributed by atoms with E-state index in [0.717, 1.165) is 21.6 Å². The number of aromatic hydroxyl groups is 1. The van der Waals surface area contributed by atoms with E-state index in [1.165, 1.54) is 41.6 Å². The Labute approximate surface area is 492 Å². The van der Waals surface area contributed by atoms with Gasteiger partial charge in [0.15, 0.2) is 5.96 Å². The molecule has 1 aromatic heterocycles. The van der Waals surface area contributed by atoms with Crippen molar-refractivity contribution in [2.24, 2.45) is 23.1 Å². The average Bonchev–Trinajstić information content (AvgIpc) is 4.16. The Morgan fingerprint density at radius 1 is 0.774 bits per heavy atom. The Balaban J connectivity index is 1.56. The monoisotopic (exact) mass is 1200 g/mol. The third-order valence-electron chi connectivity index (χ3n) is 13.5. The van der Waals surface area contributed by atoms with Crippen LogP contribution in [0.5, 0.6) is 5.75 Å². The number of pyridine rings is 1. The summed E-state index contributed by atoms with van der Waals surface area (Å²) in [5.41, 5.74) is 19.3. The van der Waals surface area contributed by atoms with E-state index in [1.54, 1.807) is 56.3 Å². The normalized spacial score (nSPS) is 22.5. The highest BCUT2D eigenvalue weighted by molar-refractivity contribution is 8.76. The number of nitrogens with one attached hydrogen (secondary N) is 10. The van der Waals surface area contributed by atoms with E-state index in [9.17, 15) is 63.0 Å². The number of carboxylic acid groups (broad SMARTS) is 1. The number of nitrogens with two attached hydrogens (primary N) is 3. The van der Waals surface area contributed by atoms with Gasteiger partial charge in [-0.15, -0.1) is 0 Å². The Kier molecular flexibility index (Phi) is 26.0. The highest BCUT2D eigenvalue weighted by atomic mass is 33.1. The van der Waals surface area contributed by atoms with Crippen molar-refractivity contribution in [2.75, 3.05) is 31.1 Å². The van der Waals surface area contributed by atoms with E-state index in [1.807, 2.05) is 0 Å². The number of benzene rings is 2. The summed E-state index contributed by atoms with van der Waals surface area (Å²) in [6.07, 6.45) is 2.07. The third kappa shape index (κ3) is 21.4. The molecule has 454 valence electrons. The van der Waals surface area contributed by atoms with Crippen LogP contribution in [0.15, 0.2) is 79.1 Å². The van der Waals surface area contributed by atoms with Crippen LogP contribution in [0.1, 0.15) is 62.6 Å². The summed E-state index contributed by atoms with van der Waals surface area (Å²) < 4.78 is 0. The summed E-state index contributed by atoms with van der Waals surface area (Å²) in [7, 11) is 1.86. The predicted octanol–water partition coefficient (Wildman–Crippen LogP) is -3.08. The van der Waals surface area contributed by atoms with Crippen molar-refractivity contribution in [3.63, 3.8) is 0 Å². The first-order chi connectivity index (χ1) is 40.0. The summed E-state index contributed by atoms with van der Waals surface area (Å²) in [6, 6.07) is 4.74. The molecule has 18 N–H and O–H groups in total. The van der Waals surface area contributed by atoms with Gasteiger partial charge in [0.2, 0.25) is 59.1 Å². The number of carboxylic acids is 1. The molecular weight excluding hydrogens is 1130 g/mol. The standard InChI is InChI=1S/C54H73N15O13S2/c1-29(2)44-53(82)61-26-42(71)69-20-8-13-41(69)52(81)65-37(22-30-9-4-3-5-10-30)48(77)67-40(51(80)63-36(45(56)74)23-32-11-6-18-59-25-32)28-84-83-27-39(66-46(75)34(55)21-31-14-16-33(70)17-15-31)50(79)62-35(12-7-19-60-54(57)58)47(76)64-38(24-43(72)73)49(78)68-44/h3-6,9-11,14-18,25,29,34-41,44,70H,7-8,12-13,19-24,26-28,55H2,1-2H3,(H2,56,74)(H,61,82)(H,62,79)(H,63,80)(H,64,76)(H,65,81)(H,66,75)(H,67,77)(H,68,78)(H,72,73)(H4,57,58,60)/t34-,35-,36-,37-,38-,39-,40-,41-,44-/m0/s1. The SMILES string of the molecule is CC(C)[C@@H]1NC(=O)[C@H](CC(=O)O)NC(=O)[C@H](CCCNC(=N)N)NC(=O)[C@@H](NC(=O)[C@@H](N)Cc2ccc(O)cc2)CSSC[C@@H](C(=O)N[C@@H](Cc2cccnc2)C(N)=O)NC(=O)[C@H](Cc2ccccc2)NC(=O)[C@@H]2CCCN2C(=O)CNC1=O. The molecule has 0 saturated carbocycles. The molecule has 0 spiro atoms. The number of hydrogen-bond donors (Lipinski definition) is 15. The molecule has 9 atom stereocenters. The number of amides is 10. The molecule has 0 aliphatic carbocycles. The van der Waals surface area contributed by atoms with Gasteiger partial charge < -0.3 is 80.2 Å². The number of aromatic nitrogens is 1. The van der Waals surface area contributed by atoms with Gasteiger partial charge in [0.25, 0.3) is 0 Å². The second-order valence-corrected chi connectivity index (χ2v) is 22.9. The Hall–Kier alpha value is -8.51. The topological polar surface area (TPSA) is 455 Å². The summed E-state index contributed by atoms with van der Waals surface area (Å²) in [5.74, 6) is -12.3. The van der Waals surface area contributed by atoms with E-state index in [-0.39, 0.29) is 68.9 Å². The van der Waals surface area contributed by atoms with Crippen LogP contribution in [0.3, 0.4) is 0 Å². The number of guanidine groups is 1. The summed E-state index contributed by atoms with van der Waals surface area (Å²) in [5, 5.41) is 50.4. The molecule has 0 radical (unpaired) electrons. The lowest BCUT2D eigenvalue weighted by atomic mass is 10.0. The molecule has 0 unspecified atom stereocenters. The number of fused-ring (bicyclic) bond motifs is 1. The Morgan fingerprint density at radius 2 is 1.43 bits per heavy atom. The highest BCUT2D eigenvalue weighted by Crippen LogP contribution is 2.25. The maximum absolute atomic E-state index is 14.7. The maximum Gasteiger partial charge on any atom is 0.305 e. The zero-order chi connectivity index (χ0) is 61.5. The first-order valence-corrected chi connectivity index (χ1v) is 29.5. The molecule has 2 aromatic carbocycles. The summed E-state index contributed by atoms with van der Waals surface area (Å²) in [6.45, 7) is 2.56. The largest absolute Gasteiger partial charge is 0.508 e. The number of primary amides is 1. The number of phenolic OH excluding ortho intramolecular Hbond substituents is 1. The van der Waals surface area contributed by atoms with Gasteiger partial charge >= 0.3 is 5.97 Å². The zero-order valence-corrected chi connectivity index (χ0v) is 47.9. The van der Waals surface area contributed by atoms with Gasteiger partial charge in [-0.2, -0.15) is 0 Å². The lowest BCUT2D eigenvalue weighted by molar-refractivity contribution is -0.142. The smallest absolute Gasteiger partial charge is 0.305 e. The molecule has 3 heterocycles. The highest BCUT2D eigenvalue weighted by Gasteiger charge is 2.39. The second-order valence-electron chi connectivity index (χ2n) is 20.3. The van der Waals surface area contributed by atoms with Crippen molar-refractivity contribution in [3.8, 4) is 5.75 Å². The number of phenols is 1. The Bertz CT molecular complexity index is 2820. The van der Waals surface area contributed by atoms with E-state index in [2.05, 4.69) is 52.8 Å². The molecular formula is C54H73N15O13S2. The number of carbonyl (C=O) groups is 11. The van der Waals surface area contributed by atoms with Gasteiger partial charge in [-0.05, 0) is 72.9 Å². The van der Waals surface area contributed by atoms with Crippen molar-refractivity contribution < 1.29 is 63.0 Å². The second kappa shape index (κ2) is 33.0. The quantitative estimate of drug-likeness (QED) is 0.0260.